The van der Waals surface area contributed by atoms with E-state index in [1.165, 1.54) is 24.8 Å². The van der Waals surface area contributed by atoms with Crippen LogP contribution in [0.15, 0.2) is 42.5 Å². The number of carbonyl (C=O) groups is 2. The van der Waals surface area contributed by atoms with Gasteiger partial charge in [0.2, 0.25) is 5.91 Å². The van der Waals surface area contributed by atoms with Gasteiger partial charge in [-0.3, -0.25) is 4.79 Å². The molecule has 5 heteroatoms. The smallest absolute Gasteiger partial charge is 0.335 e. The number of ether oxygens (including phenoxy) is 1. The maximum atomic E-state index is 12.0. The van der Waals surface area contributed by atoms with Gasteiger partial charge in [-0.05, 0) is 41.7 Å². The first-order valence-electron chi connectivity index (χ1n) is 8.28. The number of carbonyl (C=O) groups excluding carboxylic acids is 1. The Hall–Kier alpha value is -2.82. The van der Waals surface area contributed by atoms with E-state index < -0.39 is 5.97 Å². The molecule has 0 fully saturated rings. The van der Waals surface area contributed by atoms with Crippen molar-refractivity contribution in [2.45, 2.75) is 26.2 Å². The molecule has 0 aliphatic rings. The Bertz CT molecular complexity index is 738. The van der Waals surface area contributed by atoms with E-state index in [2.05, 4.69) is 12.2 Å². The number of carboxylic acid groups (broad SMARTS) is 1. The molecule has 2 rings (SSSR count). The van der Waals surface area contributed by atoms with Crippen molar-refractivity contribution in [1.82, 2.24) is 5.32 Å². The van der Waals surface area contributed by atoms with E-state index in [1.54, 1.807) is 6.07 Å². The maximum Gasteiger partial charge on any atom is 0.335 e. The fourth-order valence-corrected chi connectivity index (χ4v) is 2.56. The van der Waals surface area contributed by atoms with Crippen LogP contribution in [0.1, 0.15) is 34.0 Å². The molecule has 2 N–H and O–H groups in total. The standard InChI is InChI=1S/C20H23NO4/c1-3-14-4-6-15(7-5-14)12-19(22)21-11-10-16-8-9-17(20(23)24)13-18(16)25-2/h4-9,13H,3,10-12H2,1-2H3,(H,21,22)(H,23,24). The topological polar surface area (TPSA) is 75.6 Å². The molecule has 0 aromatic heterocycles. The van der Waals surface area contributed by atoms with Gasteiger partial charge in [0.15, 0.2) is 0 Å². The Kier molecular flexibility index (Phi) is 6.57. The van der Waals surface area contributed by atoms with Crippen LogP contribution < -0.4 is 10.1 Å². The van der Waals surface area contributed by atoms with E-state index >= 15 is 0 Å². The highest BCUT2D eigenvalue weighted by Gasteiger charge is 2.09. The Balaban J connectivity index is 1.87. The fourth-order valence-electron chi connectivity index (χ4n) is 2.56. The Morgan fingerprint density at radius 3 is 2.36 bits per heavy atom. The molecule has 0 aliphatic carbocycles. The third-order valence-electron chi connectivity index (χ3n) is 4.05. The second-order valence-electron chi connectivity index (χ2n) is 5.78. The Morgan fingerprint density at radius 1 is 1.08 bits per heavy atom. The minimum atomic E-state index is -0.993. The summed E-state index contributed by atoms with van der Waals surface area (Å²) in [5.41, 5.74) is 3.28. The van der Waals surface area contributed by atoms with Crippen LogP contribution in [0.3, 0.4) is 0 Å². The van der Waals surface area contributed by atoms with Crippen LogP contribution in [0.25, 0.3) is 0 Å². The first kappa shape index (κ1) is 18.5. The van der Waals surface area contributed by atoms with E-state index in [4.69, 9.17) is 9.84 Å². The van der Waals surface area contributed by atoms with Crippen molar-refractivity contribution >= 4 is 11.9 Å². The van der Waals surface area contributed by atoms with Crippen molar-refractivity contribution in [2.24, 2.45) is 0 Å². The van der Waals surface area contributed by atoms with Crippen molar-refractivity contribution in [3.63, 3.8) is 0 Å². The van der Waals surface area contributed by atoms with Crippen LogP contribution in [-0.2, 0) is 24.1 Å². The summed E-state index contributed by atoms with van der Waals surface area (Å²) in [5, 5.41) is 11.9. The minimum Gasteiger partial charge on any atom is -0.496 e. The third-order valence-corrected chi connectivity index (χ3v) is 4.05. The van der Waals surface area contributed by atoms with Gasteiger partial charge in [-0.25, -0.2) is 4.79 Å². The number of aromatic carboxylic acids is 1. The summed E-state index contributed by atoms with van der Waals surface area (Å²) in [5.74, 6) is -0.512. The van der Waals surface area contributed by atoms with Gasteiger partial charge in [-0.15, -0.1) is 0 Å². The molecule has 0 aliphatic heterocycles. The number of nitrogens with one attached hydrogen (secondary N) is 1. The molecule has 0 radical (unpaired) electrons. The number of aryl methyl sites for hydroxylation is 1. The highest BCUT2D eigenvalue weighted by molar-refractivity contribution is 5.88. The number of hydrogen-bond acceptors (Lipinski definition) is 3. The van der Waals surface area contributed by atoms with E-state index in [-0.39, 0.29) is 11.5 Å². The molecular weight excluding hydrogens is 318 g/mol. The summed E-state index contributed by atoms with van der Waals surface area (Å²) in [4.78, 5) is 23.0. The van der Waals surface area contributed by atoms with E-state index in [0.29, 0.717) is 25.1 Å². The van der Waals surface area contributed by atoms with Gasteiger partial charge in [-0.2, -0.15) is 0 Å². The fraction of sp³-hybridized carbons (Fsp3) is 0.300. The van der Waals surface area contributed by atoms with Gasteiger partial charge in [-0.1, -0.05) is 37.3 Å². The number of benzene rings is 2. The summed E-state index contributed by atoms with van der Waals surface area (Å²) in [6.45, 7) is 2.56. The molecule has 2 aromatic carbocycles. The van der Waals surface area contributed by atoms with Gasteiger partial charge in [0.05, 0.1) is 19.1 Å². The molecule has 0 spiro atoms. The van der Waals surface area contributed by atoms with Crippen molar-refractivity contribution in [1.29, 1.82) is 0 Å². The lowest BCUT2D eigenvalue weighted by molar-refractivity contribution is -0.120. The van der Waals surface area contributed by atoms with Crippen LogP contribution in [-0.4, -0.2) is 30.6 Å². The van der Waals surface area contributed by atoms with Crippen LogP contribution in [0.2, 0.25) is 0 Å². The van der Waals surface area contributed by atoms with E-state index in [0.717, 1.165) is 17.5 Å². The maximum absolute atomic E-state index is 12.0. The highest BCUT2D eigenvalue weighted by Crippen LogP contribution is 2.20. The predicted molar refractivity (Wildman–Crippen MR) is 96.2 cm³/mol. The second-order valence-corrected chi connectivity index (χ2v) is 5.78. The first-order valence-corrected chi connectivity index (χ1v) is 8.28. The predicted octanol–water partition coefficient (Wildman–Crippen LogP) is 2.86. The van der Waals surface area contributed by atoms with Gasteiger partial charge in [0.25, 0.3) is 0 Å². The molecule has 5 nitrogen and oxygen atoms in total. The quantitative estimate of drug-likeness (QED) is 0.774. The number of carboxylic acids is 1. The molecule has 132 valence electrons. The average molecular weight is 341 g/mol. The SMILES string of the molecule is CCc1ccc(CC(=O)NCCc2ccc(C(=O)O)cc2OC)cc1. The molecule has 0 atom stereocenters. The van der Waals surface area contributed by atoms with E-state index in [1.807, 2.05) is 24.3 Å². The molecule has 1 amide bonds. The van der Waals surface area contributed by atoms with Crippen LogP contribution in [0.5, 0.6) is 5.75 Å². The summed E-state index contributed by atoms with van der Waals surface area (Å²) in [7, 11) is 1.50. The molecule has 0 heterocycles. The number of amides is 1. The minimum absolute atomic E-state index is 0.0367. The molecule has 25 heavy (non-hydrogen) atoms. The molecule has 0 bridgehead atoms. The summed E-state index contributed by atoms with van der Waals surface area (Å²) in [6, 6.07) is 12.8. The summed E-state index contributed by atoms with van der Waals surface area (Å²) < 4.78 is 5.24. The van der Waals surface area contributed by atoms with E-state index in [9.17, 15) is 9.59 Å². The van der Waals surface area contributed by atoms with Crippen molar-refractivity contribution in [3.8, 4) is 5.75 Å². The first-order chi connectivity index (χ1) is 12.0. The Morgan fingerprint density at radius 2 is 1.76 bits per heavy atom. The zero-order valence-electron chi connectivity index (χ0n) is 14.5. The molecule has 0 unspecified atom stereocenters. The van der Waals surface area contributed by atoms with Gasteiger partial charge >= 0.3 is 5.97 Å². The molecular formula is C20H23NO4. The highest BCUT2D eigenvalue weighted by atomic mass is 16.5. The summed E-state index contributed by atoms with van der Waals surface area (Å²) in [6.07, 6.45) is 1.90. The monoisotopic (exact) mass is 341 g/mol. The zero-order chi connectivity index (χ0) is 18.2. The van der Waals surface area contributed by atoms with Crippen LogP contribution >= 0.6 is 0 Å². The normalized spacial score (nSPS) is 10.3. The van der Waals surface area contributed by atoms with Crippen molar-refractivity contribution in [2.75, 3.05) is 13.7 Å². The number of hydrogen-bond donors (Lipinski definition) is 2. The van der Waals surface area contributed by atoms with Gasteiger partial charge in [0, 0.05) is 6.54 Å². The van der Waals surface area contributed by atoms with Crippen LogP contribution in [0, 0.1) is 0 Å². The Labute approximate surface area is 147 Å². The molecule has 2 aromatic rings. The number of methoxy groups -OCH3 is 1. The zero-order valence-corrected chi connectivity index (χ0v) is 14.5. The molecule has 0 saturated carbocycles. The number of rotatable bonds is 8. The second kappa shape index (κ2) is 8.87. The third kappa shape index (κ3) is 5.35. The van der Waals surface area contributed by atoms with Crippen molar-refractivity contribution < 1.29 is 19.4 Å². The lowest BCUT2D eigenvalue weighted by Gasteiger charge is -2.10. The lowest BCUT2D eigenvalue weighted by Crippen LogP contribution is -2.27. The van der Waals surface area contributed by atoms with Crippen LogP contribution in [0.4, 0.5) is 0 Å². The molecule has 0 saturated heterocycles. The largest absolute Gasteiger partial charge is 0.496 e. The average Bonchev–Trinajstić information content (AvgIpc) is 2.62. The summed E-state index contributed by atoms with van der Waals surface area (Å²) >= 11 is 0. The van der Waals surface area contributed by atoms with Gasteiger partial charge in [0.1, 0.15) is 5.75 Å². The lowest BCUT2D eigenvalue weighted by atomic mass is 10.1. The van der Waals surface area contributed by atoms with Gasteiger partial charge < -0.3 is 15.2 Å². The van der Waals surface area contributed by atoms with Crippen molar-refractivity contribution in [3.05, 3.63) is 64.7 Å².